The molecule has 0 radical (unpaired) electrons. The van der Waals surface area contributed by atoms with Gasteiger partial charge in [-0.3, -0.25) is 4.79 Å². The number of ether oxygens (including phenoxy) is 1. The highest BCUT2D eigenvalue weighted by atomic mass is 19.1. The second kappa shape index (κ2) is 6.93. The van der Waals surface area contributed by atoms with Crippen molar-refractivity contribution in [2.24, 2.45) is 0 Å². The number of hydrogen-bond acceptors (Lipinski definition) is 4. The summed E-state index contributed by atoms with van der Waals surface area (Å²) in [6, 6.07) is 3.33. The molecule has 0 aliphatic heterocycles. The van der Waals surface area contributed by atoms with Gasteiger partial charge in [0.2, 0.25) is 0 Å². The Hall–Kier alpha value is -1.66. The number of halogens is 1. The number of phenolic OH excluding ortho intramolecular Hbond substituents is 1. The van der Waals surface area contributed by atoms with Crippen LogP contribution in [0.4, 0.5) is 4.39 Å². The number of carbonyl (C=O) groups excluding carboxylic acids is 1. The van der Waals surface area contributed by atoms with Crippen LogP contribution in [0.3, 0.4) is 0 Å². The van der Waals surface area contributed by atoms with Gasteiger partial charge >= 0.3 is 0 Å². The highest BCUT2D eigenvalue weighted by molar-refractivity contribution is 5.94. The van der Waals surface area contributed by atoms with Crippen molar-refractivity contribution in [1.82, 2.24) is 4.90 Å². The molecule has 5 nitrogen and oxygen atoms in total. The number of hydrogen-bond donors (Lipinski definition) is 2. The topological polar surface area (TPSA) is 70.0 Å². The van der Waals surface area contributed by atoms with E-state index in [1.165, 1.54) is 24.1 Å². The maximum atomic E-state index is 13.5. The average Bonchev–Trinajstić information content (AvgIpc) is 2.33. The second-order valence-corrected chi connectivity index (χ2v) is 3.67. The van der Waals surface area contributed by atoms with Gasteiger partial charge in [-0.2, -0.15) is 0 Å². The van der Waals surface area contributed by atoms with Crippen LogP contribution in [0.5, 0.6) is 5.75 Å². The van der Waals surface area contributed by atoms with Crippen LogP contribution in [0.1, 0.15) is 10.4 Å². The van der Waals surface area contributed by atoms with E-state index in [9.17, 15) is 9.18 Å². The highest BCUT2D eigenvalue weighted by Gasteiger charge is 2.18. The summed E-state index contributed by atoms with van der Waals surface area (Å²) in [7, 11) is 1.49. The quantitative estimate of drug-likeness (QED) is 0.783. The molecule has 0 atom stereocenters. The maximum absolute atomic E-state index is 13.5. The summed E-state index contributed by atoms with van der Waals surface area (Å²) in [5, 5.41) is 18.0. The molecule has 0 fully saturated rings. The number of phenols is 1. The SMILES string of the molecule is COCCN(CCO)C(=O)c1ccc(O)cc1F. The van der Waals surface area contributed by atoms with E-state index >= 15 is 0 Å². The van der Waals surface area contributed by atoms with E-state index in [1.807, 2.05) is 0 Å². The van der Waals surface area contributed by atoms with Gasteiger partial charge in [0, 0.05) is 26.3 Å². The van der Waals surface area contributed by atoms with Gasteiger partial charge in [0.15, 0.2) is 0 Å². The van der Waals surface area contributed by atoms with Gasteiger partial charge in [-0.25, -0.2) is 4.39 Å². The number of aliphatic hydroxyl groups is 1. The molecule has 1 aromatic rings. The third-order valence-corrected chi connectivity index (χ3v) is 2.41. The van der Waals surface area contributed by atoms with Crippen molar-refractivity contribution in [1.29, 1.82) is 0 Å². The number of carbonyl (C=O) groups is 1. The van der Waals surface area contributed by atoms with Gasteiger partial charge in [-0.1, -0.05) is 0 Å². The van der Waals surface area contributed by atoms with E-state index < -0.39 is 11.7 Å². The number of nitrogens with zero attached hydrogens (tertiary/aromatic N) is 1. The Labute approximate surface area is 104 Å². The first-order chi connectivity index (χ1) is 8.60. The first-order valence-electron chi connectivity index (χ1n) is 5.47. The molecular formula is C12H16FNO4. The molecule has 18 heavy (non-hydrogen) atoms. The van der Waals surface area contributed by atoms with Crippen LogP contribution in [-0.4, -0.2) is 54.4 Å². The van der Waals surface area contributed by atoms with Gasteiger partial charge in [-0.05, 0) is 12.1 Å². The zero-order chi connectivity index (χ0) is 13.5. The lowest BCUT2D eigenvalue weighted by Gasteiger charge is -2.21. The summed E-state index contributed by atoms with van der Waals surface area (Å²) < 4.78 is 18.4. The lowest BCUT2D eigenvalue weighted by atomic mass is 10.1. The molecule has 2 N–H and O–H groups in total. The summed E-state index contributed by atoms with van der Waals surface area (Å²) in [6.07, 6.45) is 0. The molecular weight excluding hydrogens is 241 g/mol. The van der Waals surface area contributed by atoms with Gasteiger partial charge < -0.3 is 19.8 Å². The lowest BCUT2D eigenvalue weighted by molar-refractivity contribution is 0.0652. The molecule has 1 rings (SSSR count). The van der Waals surface area contributed by atoms with Crippen molar-refractivity contribution < 1.29 is 24.1 Å². The van der Waals surface area contributed by atoms with Crippen molar-refractivity contribution in [3.63, 3.8) is 0 Å². The third-order valence-electron chi connectivity index (χ3n) is 2.41. The number of aliphatic hydroxyl groups excluding tert-OH is 1. The van der Waals surface area contributed by atoms with Crippen LogP contribution in [0.15, 0.2) is 18.2 Å². The minimum Gasteiger partial charge on any atom is -0.508 e. The zero-order valence-electron chi connectivity index (χ0n) is 10.1. The first-order valence-corrected chi connectivity index (χ1v) is 5.47. The summed E-state index contributed by atoms with van der Waals surface area (Å²) in [6.45, 7) is 0.444. The van der Waals surface area contributed by atoms with Crippen LogP contribution in [-0.2, 0) is 4.74 Å². The average molecular weight is 257 g/mol. The molecule has 0 aromatic heterocycles. The summed E-state index contributed by atoms with van der Waals surface area (Å²) >= 11 is 0. The predicted octanol–water partition coefficient (Wildman–Crippen LogP) is 0.612. The van der Waals surface area contributed by atoms with Crippen molar-refractivity contribution in [2.75, 3.05) is 33.4 Å². The number of aromatic hydroxyl groups is 1. The van der Waals surface area contributed by atoms with E-state index in [1.54, 1.807) is 0 Å². The van der Waals surface area contributed by atoms with Crippen LogP contribution >= 0.6 is 0 Å². The molecule has 0 spiro atoms. The minimum absolute atomic E-state index is 0.0997. The predicted molar refractivity (Wildman–Crippen MR) is 62.9 cm³/mol. The molecule has 0 unspecified atom stereocenters. The monoisotopic (exact) mass is 257 g/mol. The summed E-state index contributed by atoms with van der Waals surface area (Å²) in [5.41, 5.74) is -0.141. The Morgan fingerprint density at radius 1 is 1.44 bits per heavy atom. The molecule has 0 aliphatic rings. The Morgan fingerprint density at radius 2 is 2.17 bits per heavy atom. The Bertz CT molecular complexity index is 411. The largest absolute Gasteiger partial charge is 0.508 e. The normalized spacial score (nSPS) is 10.4. The molecule has 1 amide bonds. The van der Waals surface area contributed by atoms with E-state index in [0.29, 0.717) is 6.61 Å². The van der Waals surface area contributed by atoms with E-state index in [0.717, 1.165) is 6.07 Å². The van der Waals surface area contributed by atoms with E-state index in [4.69, 9.17) is 14.9 Å². The number of benzene rings is 1. The molecule has 0 bridgehead atoms. The van der Waals surface area contributed by atoms with E-state index in [-0.39, 0.29) is 31.0 Å². The van der Waals surface area contributed by atoms with Crippen molar-refractivity contribution in [3.8, 4) is 5.75 Å². The van der Waals surface area contributed by atoms with Gasteiger partial charge in [0.1, 0.15) is 11.6 Å². The molecule has 100 valence electrons. The fourth-order valence-electron chi connectivity index (χ4n) is 1.48. The molecule has 0 heterocycles. The fraction of sp³-hybridized carbons (Fsp3) is 0.417. The second-order valence-electron chi connectivity index (χ2n) is 3.67. The molecule has 0 aliphatic carbocycles. The lowest BCUT2D eigenvalue weighted by Crippen LogP contribution is -2.36. The number of methoxy groups -OCH3 is 1. The van der Waals surface area contributed by atoms with Crippen LogP contribution in [0, 0.1) is 5.82 Å². The molecule has 0 saturated carbocycles. The molecule has 1 aromatic carbocycles. The first kappa shape index (κ1) is 14.4. The minimum atomic E-state index is -0.791. The van der Waals surface area contributed by atoms with Crippen LogP contribution < -0.4 is 0 Å². The van der Waals surface area contributed by atoms with Gasteiger partial charge in [-0.15, -0.1) is 0 Å². The van der Waals surface area contributed by atoms with Crippen LogP contribution in [0.2, 0.25) is 0 Å². The summed E-state index contributed by atoms with van der Waals surface area (Å²) in [4.78, 5) is 13.3. The fourth-order valence-corrected chi connectivity index (χ4v) is 1.48. The Morgan fingerprint density at radius 3 is 2.72 bits per heavy atom. The van der Waals surface area contributed by atoms with Crippen molar-refractivity contribution in [2.45, 2.75) is 0 Å². The van der Waals surface area contributed by atoms with Crippen LogP contribution in [0.25, 0.3) is 0 Å². The number of rotatable bonds is 6. The van der Waals surface area contributed by atoms with Gasteiger partial charge in [0.25, 0.3) is 5.91 Å². The Kier molecular flexibility index (Phi) is 5.54. The van der Waals surface area contributed by atoms with E-state index in [2.05, 4.69) is 0 Å². The molecule has 0 saturated heterocycles. The Balaban J connectivity index is 2.87. The standard InChI is InChI=1S/C12H16FNO4/c1-18-7-5-14(4-6-15)12(17)10-3-2-9(16)8-11(10)13/h2-3,8,15-16H,4-7H2,1H3. The van der Waals surface area contributed by atoms with Crippen molar-refractivity contribution in [3.05, 3.63) is 29.6 Å². The number of amides is 1. The van der Waals surface area contributed by atoms with Gasteiger partial charge in [0.05, 0.1) is 18.8 Å². The third kappa shape index (κ3) is 3.68. The smallest absolute Gasteiger partial charge is 0.256 e. The highest BCUT2D eigenvalue weighted by Crippen LogP contribution is 2.16. The molecule has 6 heteroatoms. The maximum Gasteiger partial charge on any atom is 0.256 e. The van der Waals surface area contributed by atoms with Crippen molar-refractivity contribution >= 4 is 5.91 Å². The summed E-state index contributed by atoms with van der Waals surface area (Å²) in [5.74, 6) is -1.58. The zero-order valence-corrected chi connectivity index (χ0v) is 10.1.